The number of nitro groups is 1. The summed E-state index contributed by atoms with van der Waals surface area (Å²) in [4.78, 5) is 9.67. The van der Waals surface area contributed by atoms with Crippen LogP contribution in [0.15, 0.2) is 17.0 Å². The highest BCUT2D eigenvalue weighted by Crippen LogP contribution is 2.31. The van der Waals surface area contributed by atoms with Gasteiger partial charge in [0, 0.05) is 25.3 Å². The lowest BCUT2D eigenvalue weighted by atomic mass is 10.2. The Hall–Kier alpha value is -1.36. The van der Waals surface area contributed by atoms with Crippen LogP contribution in [0.1, 0.15) is 5.56 Å². The largest absolute Gasteiger partial charge is 0.383 e. The fourth-order valence-electron chi connectivity index (χ4n) is 1.78. The van der Waals surface area contributed by atoms with Crippen LogP contribution in [0.3, 0.4) is 0 Å². The zero-order valence-electron chi connectivity index (χ0n) is 12.3. The summed E-state index contributed by atoms with van der Waals surface area (Å²) in [6.07, 6.45) is -2.91. The number of ether oxygens (including phenoxy) is 1. The van der Waals surface area contributed by atoms with Crippen molar-refractivity contribution in [3.63, 3.8) is 0 Å². The van der Waals surface area contributed by atoms with Gasteiger partial charge in [0.05, 0.1) is 28.0 Å². The van der Waals surface area contributed by atoms with Crippen LogP contribution in [-0.4, -0.2) is 50.9 Å². The molecule has 1 rings (SSSR count). The Morgan fingerprint density at radius 3 is 2.52 bits per heavy atom. The first kappa shape index (κ1) is 19.7. The Labute approximate surface area is 137 Å². The second-order valence-electron chi connectivity index (χ2n) is 4.55. The quantitative estimate of drug-likeness (QED) is 0.516. The Morgan fingerprint density at radius 1 is 1.43 bits per heavy atom. The summed E-state index contributed by atoms with van der Waals surface area (Å²) >= 11 is 5.82. The lowest BCUT2D eigenvalue weighted by molar-refractivity contribution is -0.385. The van der Waals surface area contributed by atoms with E-state index in [9.17, 15) is 27.3 Å². The van der Waals surface area contributed by atoms with Gasteiger partial charge in [-0.3, -0.25) is 10.1 Å². The highest BCUT2D eigenvalue weighted by atomic mass is 35.5. The van der Waals surface area contributed by atoms with E-state index < -0.39 is 38.5 Å². The van der Waals surface area contributed by atoms with Gasteiger partial charge in [-0.1, -0.05) is 11.6 Å². The van der Waals surface area contributed by atoms with Crippen LogP contribution in [-0.2, 0) is 14.8 Å². The molecule has 0 radical (unpaired) electrons. The van der Waals surface area contributed by atoms with Crippen molar-refractivity contribution in [1.29, 1.82) is 0 Å². The maximum Gasteiger partial charge on any atom is 0.275 e. The SMILES string of the molecule is COCCN(CC(F)F)S(=O)(=O)c1cc(Cl)c(C)c([N+](=O)[O-])c1. The maximum atomic E-state index is 12.6. The second-order valence-corrected chi connectivity index (χ2v) is 6.90. The number of nitro benzene ring substituents is 1. The van der Waals surface area contributed by atoms with Crippen LogP contribution in [0.25, 0.3) is 0 Å². The summed E-state index contributed by atoms with van der Waals surface area (Å²) in [5.74, 6) is 0. The normalized spacial score (nSPS) is 12.1. The van der Waals surface area contributed by atoms with Crippen LogP contribution in [0.2, 0.25) is 5.02 Å². The van der Waals surface area contributed by atoms with Gasteiger partial charge in [0.15, 0.2) is 0 Å². The third-order valence-electron chi connectivity index (χ3n) is 3.01. The molecule has 130 valence electrons. The smallest absolute Gasteiger partial charge is 0.275 e. The second kappa shape index (κ2) is 7.95. The van der Waals surface area contributed by atoms with E-state index in [1.54, 1.807) is 0 Å². The van der Waals surface area contributed by atoms with Gasteiger partial charge in [-0.15, -0.1) is 0 Å². The van der Waals surface area contributed by atoms with Gasteiger partial charge < -0.3 is 4.74 Å². The molecular formula is C12H15ClF2N2O5S. The predicted molar refractivity (Wildman–Crippen MR) is 79.5 cm³/mol. The number of benzene rings is 1. The Balaban J connectivity index is 3.36. The van der Waals surface area contributed by atoms with Crippen LogP contribution >= 0.6 is 11.6 Å². The molecule has 0 aliphatic carbocycles. The number of hydrogen-bond acceptors (Lipinski definition) is 5. The van der Waals surface area contributed by atoms with E-state index >= 15 is 0 Å². The summed E-state index contributed by atoms with van der Waals surface area (Å²) in [7, 11) is -3.09. The molecule has 7 nitrogen and oxygen atoms in total. The predicted octanol–water partition coefficient (Wildman–Crippen LogP) is 2.46. The Kier molecular flexibility index (Phi) is 6.81. The molecule has 0 atom stereocenters. The molecule has 0 saturated heterocycles. The third-order valence-corrected chi connectivity index (χ3v) is 5.25. The minimum Gasteiger partial charge on any atom is -0.383 e. The van der Waals surface area contributed by atoms with E-state index in [1.165, 1.54) is 14.0 Å². The van der Waals surface area contributed by atoms with Gasteiger partial charge in [-0.25, -0.2) is 17.2 Å². The summed E-state index contributed by atoms with van der Waals surface area (Å²) in [6, 6.07) is 1.81. The highest BCUT2D eigenvalue weighted by Gasteiger charge is 2.30. The summed E-state index contributed by atoms with van der Waals surface area (Å²) in [6.45, 7) is -0.111. The van der Waals surface area contributed by atoms with Crippen LogP contribution < -0.4 is 0 Å². The van der Waals surface area contributed by atoms with E-state index in [4.69, 9.17) is 16.3 Å². The molecule has 0 aliphatic rings. The van der Waals surface area contributed by atoms with Crippen molar-refractivity contribution >= 4 is 27.3 Å². The van der Waals surface area contributed by atoms with Gasteiger partial charge in [0.1, 0.15) is 0 Å². The van der Waals surface area contributed by atoms with Gasteiger partial charge in [0.25, 0.3) is 12.1 Å². The third kappa shape index (κ3) is 4.80. The molecule has 0 spiro atoms. The van der Waals surface area contributed by atoms with Gasteiger partial charge in [-0.05, 0) is 13.0 Å². The molecule has 23 heavy (non-hydrogen) atoms. The fraction of sp³-hybridized carbons (Fsp3) is 0.500. The topological polar surface area (TPSA) is 89.8 Å². The Morgan fingerprint density at radius 2 is 2.04 bits per heavy atom. The van der Waals surface area contributed by atoms with E-state index in [1.807, 2.05) is 0 Å². The van der Waals surface area contributed by atoms with Gasteiger partial charge >= 0.3 is 0 Å². The molecule has 0 bridgehead atoms. The molecule has 0 aliphatic heterocycles. The van der Waals surface area contributed by atoms with Crippen LogP contribution in [0, 0.1) is 17.0 Å². The van der Waals surface area contributed by atoms with Crippen LogP contribution in [0.4, 0.5) is 14.5 Å². The van der Waals surface area contributed by atoms with Crippen molar-refractivity contribution in [1.82, 2.24) is 4.31 Å². The first-order valence-electron chi connectivity index (χ1n) is 6.33. The molecule has 0 heterocycles. The standard InChI is InChI=1S/C12H15ClF2N2O5S/c1-8-10(13)5-9(6-11(8)17(18)19)23(20,21)16(3-4-22-2)7-12(14)15/h5-6,12H,3-4,7H2,1-2H3. The van der Waals surface area contributed by atoms with Crippen molar-refractivity contribution in [3.8, 4) is 0 Å². The summed E-state index contributed by atoms with van der Waals surface area (Å²) in [5.41, 5.74) is -0.410. The summed E-state index contributed by atoms with van der Waals surface area (Å²) in [5, 5.41) is 10.8. The molecular weight excluding hydrogens is 358 g/mol. The lowest BCUT2D eigenvalue weighted by Gasteiger charge is -2.21. The van der Waals surface area contributed by atoms with E-state index in [0.717, 1.165) is 12.1 Å². The number of nitrogens with zero attached hydrogens (tertiary/aromatic N) is 2. The molecule has 0 saturated carbocycles. The first-order chi connectivity index (χ1) is 10.6. The number of rotatable bonds is 8. The maximum absolute atomic E-state index is 12.6. The Bertz CT molecular complexity index is 684. The van der Waals surface area contributed by atoms with Gasteiger partial charge in [-0.2, -0.15) is 4.31 Å². The fourth-order valence-corrected chi connectivity index (χ4v) is 3.51. The zero-order valence-corrected chi connectivity index (χ0v) is 13.9. The van der Waals surface area contributed by atoms with E-state index in [0.29, 0.717) is 4.31 Å². The van der Waals surface area contributed by atoms with Crippen molar-refractivity contribution in [3.05, 3.63) is 32.8 Å². The van der Waals surface area contributed by atoms with Crippen LogP contribution in [0.5, 0.6) is 0 Å². The number of hydrogen-bond donors (Lipinski definition) is 0. The van der Waals surface area contributed by atoms with E-state index in [-0.39, 0.29) is 23.7 Å². The highest BCUT2D eigenvalue weighted by molar-refractivity contribution is 7.89. The minimum atomic E-state index is -4.38. The average molecular weight is 373 g/mol. The molecule has 0 N–H and O–H groups in total. The molecule has 0 amide bonds. The van der Waals surface area contributed by atoms with Crippen molar-refractivity contribution in [2.24, 2.45) is 0 Å². The zero-order chi connectivity index (χ0) is 17.8. The molecule has 0 fully saturated rings. The number of sulfonamides is 1. The molecule has 0 aromatic heterocycles. The van der Waals surface area contributed by atoms with Crippen molar-refractivity contribution in [2.75, 3.05) is 26.8 Å². The molecule has 1 aromatic rings. The number of alkyl halides is 2. The lowest BCUT2D eigenvalue weighted by Crippen LogP contribution is -2.37. The van der Waals surface area contributed by atoms with Gasteiger partial charge in [0.2, 0.25) is 10.0 Å². The molecule has 11 heteroatoms. The van der Waals surface area contributed by atoms with E-state index in [2.05, 4.69) is 0 Å². The molecule has 0 unspecified atom stereocenters. The minimum absolute atomic E-state index is 0.0907. The van der Waals surface area contributed by atoms with Crippen molar-refractivity contribution < 1.29 is 26.9 Å². The van der Waals surface area contributed by atoms with Crippen molar-refractivity contribution in [2.45, 2.75) is 18.2 Å². The first-order valence-corrected chi connectivity index (χ1v) is 8.14. The summed E-state index contributed by atoms with van der Waals surface area (Å²) < 4.78 is 55.4. The average Bonchev–Trinajstić information content (AvgIpc) is 2.45. The monoisotopic (exact) mass is 372 g/mol. The number of methoxy groups -OCH3 is 1. The number of halogens is 3. The molecule has 1 aromatic carbocycles.